The van der Waals surface area contributed by atoms with E-state index in [0.717, 1.165) is 85.5 Å². The molecule has 3 rings (SSSR count). The van der Waals surface area contributed by atoms with Gasteiger partial charge in [-0.15, -0.1) is 0 Å². The Morgan fingerprint density at radius 3 is 2.65 bits per heavy atom. The van der Waals surface area contributed by atoms with Gasteiger partial charge in [0.25, 0.3) is 0 Å². The Hall–Kier alpha value is -2.79. The van der Waals surface area contributed by atoms with Crippen LogP contribution in [-0.4, -0.2) is 44.0 Å². The van der Waals surface area contributed by atoms with E-state index in [0.29, 0.717) is 25.2 Å². The predicted molar refractivity (Wildman–Crippen MR) is 140 cm³/mol. The first-order valence-corrected chi connectivity index (χ1v) is 12.7. The number of anilines is 1. The monoisotopic (exact) mass is 465 g/mol. The molecule has 1 N–H and O–H groups in total. The molecule has 1 aliphatic heterocycles. The number of fused-ring (bicyclic) bond motifs is 1. The van der Waals surface area contributed by atoms with Crippen molar-refractivity contribution in [3.8, 4) is 16.9 Å². The van der Waals surface area contributed by atoms with Crippen LogP contribution in [0.25, 0.3) is 17.2 Å². The maximum absolute atomic E-state index is 11.9. The Balaban J connectivity index is 1.95. The summed E-state index contributed by atoms with van der Waals surface area (Å²) in [6.07, 6.45) is 7.56. The summed E-state index contributed by atoms with van der Waals surface area (Å²) >= 11 is 0. The van der Waals surface area contributed by atoms with Crippen molar-refractivity contribution in [2.45, 2.75) is 59.3 Å². The van der Waals surface area contributed by atoms with Crippen LogP contribution in [0.2, 0.25) is 0 Å². The average molecular weight is 466 g/mol. The van der Waals surface area contributed by atoms with Crippen LogP contribution in [0.3, 0.4) is 0 Å². The Bertz CT molecular complexity index is 982. The molecule has 0 amide bonds. The van der Waals surface area contributed by atoms with Crippen molar-refractivity contribution in [1.82, 2.24) is 0 Å². The van der Waals surface area contributed by atoms with Gasteiger partial charge < -0.3 is 19.5 Å². The minimum atomic E-state index is -0.831. The summed E-state index contributed by atoms with van der Waals surface area (Å²) in [7, 11) is 0. The predicted octanol–water partition coefficient (Wildman–Crippen LogP) is 6.73. The molecule has 0 radical (unpaired) electrons. The van der Waals surface area contributed by atoms with Crippen LogP contribution in [0.5, 0.6) is 5.75 Å². The SMILES string of the molecule is CCCCOCCOc1cc(C)ccc1-c1ccc2c(c1)C=C(C(=O)O)CCCCN2CCC. The van der Waals surface area contributed by atoms with Gasteiger partial charge in [0.05, 0.1) is 6.61 Å². The molecule has 34 heavy (non-hydrogen) atoms. The normalized spacial score (nSPS) is 14.0. The first kappa shape index (κ1) is 25.8. The highest BCUT2D eigenvalue weighted by atomic mass is 16.5. The van der Waals surface area contributed by atoms with Crippen molar-refractivity contribution < 1.29 is 19.4 Å². The molecule has 0 bridgehead atoms. The molecule has 0 atom stereocenters. The zero-order chi connectivity index (χ0) is 24.3. The van der Waals surface area contributed by atoms with Gasteiger partial charge in [0.1, 0.15) is 12.4 Å². The fraction of sp³-hybridized carbons (Fsp3) is 0.483. The lowest BCUT2D eigenvalue weighted by Crippen LogP contribution is -2.25. The van der Waals surface area contributed by atoms with Gasteiger partial charge in [0, 0.05) is 36.5 Å². The Labute approximate surface area is 204 Å². The quantitative estimate of drug-likeness (QED) is 0.373. The van der Waals surface area contributed by atoms with E-state index in [1.807, 2.05) is 6.08 Å². The second kappa shape index (κ2) is 13.2. The zero-order valence-corrected chi connectivity index (χ0v) is 20.9. The van der Waals surface area contributed by atoms with Crippen LogP contribution >= 0.6 is 0 Å². The number of nitrogens with zero attached hydrogens (tertiary/aromatic N) is 1. The van der Waals surface area contributed by atoms with E-state index < -0.39 is 5.97 Å². The molecule has 2 aromatic carbocycles. The van der Waals surface area contributed by atoms with Crippen LogP contribution in [0.4, 0.5) is 5.69 Å². The highest BCUT2D eigenvalue weighted by Crippen LogP contribution is 2.36. The van der Waals surface area contributed by atoms with Gasteiger partial charge in [-0.3, -0.25) is 0 Å². The van der Waals surface area contributed by atoms with Crippen molar-refractivity contribution in [1.29, 1.82) is 0 Å². The highest BCUT2D eigenvalue weighted by Gasteiger charge is 2.17. The third-order valence-corrected chi connectivity index (χ3v) is 6.17. The topological polar surface area (TPSA) is 59.0 Å². The molecule has 5 nitrogen and oxygen atoms in total. The summed E-state index contributed by atoms with van der Waals surface area (Å²) in [5, 5.41) is 9.76. The minimum Gasteiger partial charge on any atom is -0.491 e. The summed E-state index contributed by atoms with van der Waals surface area (Å²) in [5.74, 6) is -0.00214. The van der Waals surface area contributed by atoms with E-state index in [4.69, 9.17) is 9.47 Å². The number of unbranched alkanes of at least 4 members (excludes halogenated alkanes) is 1. The lowest BCUT2D eigenvalue weighted by Gasteiger charge is -2.26. The second-order valence-electron chi connectivity index (χ2n) is 9.01. The van der Waals surface area contributed by atoms with E-state index in [1.165, 1.54) is 0 Å². The molecule has 5 heteroatoms. The highest BCUT2D eigenvalue weighted by molar-refractivity contribution is 5.94. The Morgan fingerprint density at radius 2 is 1.88 bits per heavy atom. The van der Waals surface area contributed by atoms with Gasteiger partial charge >= 0.3 is 5.97 Å². The number of benzene rings is 2. The second-order valence-corrected chi connectivity index (χ2v) is 9.01. The molecule has 0 saturated heterocycles. The smallest absolute Gasteiger partial charge is 0.331 e. The molecule has 0 unspecified atom stereocenters. The minimum absolute atomic E-state index is 0.473. The maximum atomic E-state index is 11.9. The summed E-state index contributed by atoms with van der Waals surface area (Å²) < 4.78 is 11.8. The summed E-state index contributed by atoms with van der Waals surface area (Å²) in [6, 6.07) is 12.6. The van der Waals surface area contributed by atoms with Crippen molar-refractivity contribution in [3.05, 3.63) is 53.1 Å². The summed E-state index contributed by atoms with van der Waals surface area (Å²) in [4.78, 5) is 14.3. The van der Waals surface area contributed by atoms with E-state index >= 15 is 0 Å². The third kappa shape index (κ3) is 7.10. The zero-order valence-electron chi connectivity index (χ0n) is 20.9. The number of hydrogen-bond acceptors (Lipinski definition) is 4. The number of carboxylic acid groups (broad SMARTS) is 1. The largest absolute Gasteiger partial charge is 0.491 e. The van der Waals surface area contributed by atoms with Crippen LogP contribution in [0.15, 0.2) is 42.0 Å². The molecular weight excluding hydrogens is 426 g/mol. The molecule has 0 aromatic heterocycles. The number of hydrogen-bond donors (Lipinski definition) is 1. The number of aliphatic carboxylic acids is 1. The van der Waals surface area contributed by atoms with Crippen LogP contribution in [0.1, 0.15) is 63.5 Å². The first-order chi connectivity index (χ1) is 16.5. The van der Waals surface area contributed by atoms with E-state index in [2.05, 4.69) is 62.1 Å². The number of carbonyl (C=O) groups is 1. The third-order valence-electron chi connectivity index (χ3n) is 6.17. The fourth-order valence-electron chi connectivity index (χ4n) is 4.34. The van der Waals surface area contributed by atoms with Gasteiger partial charge in [0.15, 0.2) is 0 Å². The summed E-state index contributed by atoms with van der Waals surface area (Å²) in [5.41, 5.74) is 5.70. The van der Waals surface area contributed by atoms with Crippen LogP contribution in [-0.2, 0) is 9.53 Å². The molecular formula is C29H39NO4. The van der Waals surface area contributed by atoms with E-state index in [-0.39, 0.29) is 0 Å². The van der Waals surface area contributed by atoms with Crippen molar-refractivity contribution >= 4 is 17.7 Å². The van der Waals surface area contributed by atoms with Gasteiger partial charge in [-0.1, -0.05) is 38.5 Å². The van der Waals surface area contributed by atoms with E-state index in [9.17, 15) is 9.90 Å². The molecule has 0 aliphatic carbocycles. The maximum Gasteiger partial charge on any atom is 0.331 e. The molecule has 0 fully saturated rings. The standard InChI is InChI=1S/C29H39NO4/c1-4-6-16-33-17-18-34-28-19-22(3)10-12-26(28)23-11-13-27-25(20-23)21-24(29(31)32)9-7-8-15-30(27)14-5-2/h10-13,19-21H,4-9,14-18H2,1-3H3,(H,31,32). The first-order valence-electron chi connectivity index (χ1n) is 12.7. The lowest BCUT2D eigenvalue weighted by atomic mass is 9.97. The average Bonchev–Trinajstić information content (AvgIpc) is 2.90. The number of rotatable bonds is 11. The molecule has 1 aliphatic rings. The molecule has 2 aromatic rings. The van der Waals surface area contributed by atoms with Crippen molar-refractivity contribution in [2.75, 3.05) is 37.8 Å². The van der Waals surface area contributed by atoms with Crippen molar-refractivity contribution in [2.24, 2.45) is 0 Å². The van der Waals surface area contributed by atoms with Gasteiger partial charge in [0.2, 0.25) is 0 Å². The van der Waals surface area contributed by atoms with Gasteiger partial charge in [-0.2, -0.15) is 0 Å². The molecule has 1 heterocycles. The number of ether oxygens (including phenoxy) is 2. The molecule has 184 valence electrons. The van der Waals surface area contributed by atoms with Crippen LogP contribution < -0.4 is 9.64 Å². The number of aryl methyl sites for hydroxylation is 1. The fourth-order valence-corrected chi connectivity index (χ4v) is 4.34. The lowest BCUT2D eigenvalue weighted by molar-refractivity contribution is -0.132. The van der Waals surface area contributed by atoms with Gasteiger partial charge in [-0.25, -0.2) is 4.79 Å². The summed E-state index contributed by atoms with van der Waals surface area (Å²) in [6.45, 7) is 10.1. The Kier molecular flexibility index (Phi) is 10.0. The number of carboxylic acids is 1. The Morgan fingerprint density at radius 1 is 1.03 bits per heavy atom. The van der Waals surface area contributed by atoms with Crippen molar-refractivity contribution in [3.63, 3.8) is 0 Å². The van der Waals surface area contributed by atoms with Gasteiger partial charge in [-0.05, 0) is 80.0 Å². The van der Waals surface area contributed by atoms with E-state index in [1.54, 1.807) is 0 Å². The van der Waals surface area contributed by atoms with Crippen LogP contribution in [0, 0.1) is 6.92 Å². The molecule has 0 spiro atoms. The molecule has 0 saturated carbocycles.